The van der Waals surface area contributed by atoms with Gasteiger partial charge in [0.15, 0.2) is 10.5 Å². The standard InChI is InChI=1S/C30H32B2O4S2/c1-27(2)28(3,4)34-31(33-27)19-9-11-21-24(14-16-38)26-18-20(32-35-29(5,6)30(7,8)36-32)10-12-22(26)23(13-15-37)25(21)17-19/h9-12,17-18,37-38H,1-8H3/p+2. The first-order valence-electron chi connectivity index (χ1n) is 12.8. The summed E-state index contributed by atoms with van der Waals surface area (Å²) in [7, 11) is -0.944. The molecule has 2 heterocycles. The van der Waals surface area contributed by atoms with Crippen LogP contribution in [0.2, 0.25) is 0 Å². The minimum absolute atomic E-state index is 0.426. The van der Waals surface area contributed by atoms with Gasteiger partial charge in [0.05, 0.1) is 22.4 Å². The van der Waals surface area contributed by atoms with Gasteiger partial charge in [0.2, 0.25) is 0 Å². The lowest BCUT2D eigenvalue weighted by atomic mass is 9.75. The number of hydrogen-bond acceptors (Lipinski definition) is 4. The van der Waals surface area contributed by atoms with Crippen molar-refractivity contribution in [1.82, 2.24) is 0 Å². The van der Waals surface area contributed by atoms with Crippen LogP contribution >= 0.6 is 0 Å². The molecule has 0 aliphatic carbocycles. The summed E-state index contributed by atoms with van der Waals surface area (Å²) in [6, 6.07) is 12.5. The topological polar surface area (TPSA) is 36.9 Å². The number of rotatable bonds is 2. The Hall–Kier alpha value is -2.03. The summed E-state index contributed by atoms with van der Waals surface area (Å²) in [5.74, 6) is 6.57. The van der Waals surface area contributed by atoms with Crippen LogP contribution in [-0.4, -0.2) is 36.6 Å². The lowest BCUT2D eigenvalue weighted by Crippen LogP contribution is -2.41. The Morgan fingerprint density at radius 2 is 0.842 bits per heavy atom. The Bertz CT molecular complexity index is 1440. The zero-order valence-corrected chi connectivity index (χ0v) is 25.3. The van der Waals surface area contributed by atoms with Crippen LogP contribution in [-0.2, 0) is 43.9 Å². The van der Waals surface area contributed by atoms with Crippen molar-refractivity contribution in [2.24, 2.45) is 0 Å². The summed E-state index contributed by atoms with van der Waals surface area (Å²) in [5.41, 5.74) is 1.99. The predicted molar refractivity (Wildman–Crippen MR) is 167 cm³/mol. The molecule has 38 heavy (non-hydrogen) atoms. The molecule has 4 nitrogen and oxygen atoms in total. The third-order valence-corrected chi connectivity index (χ3v) is 8.84. The average Bonchev–Trinajstić information content (AvgIpc) is 3.20. The van der Waals surface area contributed by atoms with E-state index in [-0.39, 0.29) is 0 Å². The van der Waals surface area contributed by atoms with Crippen LogP contribution in [0.1, 0.15) is 66.5 Å². The summed E-state index contributed by atoms with van der Waals surface area (Å²) < 4.78 is 25.4. The summed E-state index contributed by atoms with van der Waals surface area (Å²) in [6.07, 6.45) is 0. The maximum Gasteiger partial charge on any atom is 0.494 e. The van der Waals surface area contributed by atoms with E-state index in [1.807, 2.05) is 0 Å². The van der Waals surface area contributed by atoms with Crippen LogP contribution in [0.3, 0.4) is 0 Å². The van der Waals surface area contributed by atoms with E-state index in [1.54, 1.807) is 0 Å². The molecule has 0 saturated carbocycles. The van der Waals surface area contributed by atoms with Crippen molar-refractivity contribution in [3.05, 3.63) is 47.5 Å². The highest BCUT2D eigenvalue weighted by atomic mass is 32.1. The van der Waals surface area contributed by atoms with Crippen molar-refractivity contribution in [3.8, 4) is 22.3 Å². The minimum Gasteiger partial charge on any atom is -0.399 e. The van der Waals surface area contributed by atoms with Crippen LogP contribution in [0.4, 0.5) is 0 Å². The monoisotopic (exact) mass is 544 g/mol. The SMILES string of the molecule is CC1(C)OB(c2ccc3c(C#C[SH2+])c4cc(B5OC(C)(C)C(C)(C)O5)ccc4c(C#C[SH2+])c3c2)OC1(C)C. The second-order valence-corrected chi connectivity index (χ2v) is 12.5. The van der Waals surface area contributed by atoms with Gasteiger partial charge in [-0.25, -0.2) is 0 Å². The third-order valence-electron chi connectivity index (χ3n) is 8.59. The molecule has 0 atom stereocenters. The molecule has 0 amide bonds. The second-order valence-electron chi connectivity index (χ2n) is 12.0. The molecule has 3 aromatic carbocycles. The summed E-state index contributed by atoms with van der Waals surface area (Å²) in [5, 5.41) is 9.82. The Morgan fingerprint density at radius 1 is 0.526 bits per heavy atom. The summed E-state index contributed by atoms with van der Waals surface area (Å²) in [6.45, 7) is 16.5. The van der Waals surface area contributed by atoms with Crippen LogP contribution in [0.15, 0.2) is 36.4 Å². The molecule has 5 rings (SSSR count). The fourth-order valence-corrected chi connectivity index (χ4v) is 5.16. The van der Waals surface area contributed by atoms with E-state index in [0.29, 0.717) is 0 Å². The van der Waals surface area contributed by atoms with Crippen molar-refractivity contribution >= 4 is 72.0 Å². The zero-order valence-electron chi connectivity index (χ0n) is 23.3. The van der Waals surface area contributed by atoms with Gasteiger partial charge in [0.25, 0.3) is 0 Å². The smallest absolute Gasteiger partial charge is 0.399 e. The van der Waals surface area contributed by atoms with Crippen molar-refractivity contribution in [3.63, 3.8) is 0 Å². The normalized spacial score (nSPS) is 20.8. The van der Waals surface area contributed by atoms with E-state index in [1.165, 1.54) is 0 Å². The van der Waals surface area contributed by atoms with Crippen molar-refractivity contribution < 1.29 is 18.6 Å². The molecule has 0 N–H and O–H groups in total. The molecule has 8 heteroatoms. The van der Waals surface area contributed by atoms with Crippen molar-refractivity contribution in [1.29, 1.82) is 0 Å². The van der Waals surface area contributed by atoms with Crippen LogP contribution in [0, 0.1) is 22.3 Å². The molecule has 194 valence electrons. The molecule has 2 aliphatic rings. The van der Waals surface area contributed by atoms with Gasteiger partial charge < -0.3 is 18.6 Å². The minimum atomic E-state index is -0.472. The first-order chi connectivity index (χ1) is 17.7. The van der Waals surface area contributed by atoms with Crippen LogP contribution in [0.25, 0.3) is 21.5 Å². The van der Waals surface area contributed by atoms with Gasteiger partial charge in [-0.15, -0.1) is 0 Å². The number of fused-ring (bicyclic) bond motifs is 2. The fraction of sp³-hybridized carbons (Fsp3) is 0.400. The quantitative estimate of drug-likeness (QED) is 0.215. The Morgan fingerprint density at radius 3 is 1.13 bits per heavy atom. The Kier molecular flexibility index (Phi) is 6.72. The van der Waals surface area contributed by atoms with E-state index >= 15 is 0 Å². The van der Waals surface area contributed by atoms with Gasteiger partial charge in [-0.3, -0.25) is 0 Å². The van der Waals surface area contributed by atoms with Crippen molar-refractivity contribution in [2.75, 3.05) is 0 Å². The first-order valence-corrected chi connectivity index (χ1v) is 13.8. The highest BCUT2D eigenvalue weighted by Gasteiger charge is 2.52. The van der Waals surface area contributed by atoms with E-state index in [4.69, 9.17) is 18.6 Å². The summed E-state index contributed by atoms with van der Waals surface area (Å²) in [4.78, 5) is 0. The molecule has 2 fully saturated rings. The lowest BCUT2D eigenvalue weighted by Gasteiger charge is -2.32. The van der Waals surface area contributed by atoms with E-state index in [0.717, 1.165) is 43.6 Å². The molecule has 3 aromatic rings. The number of benzene rings is 3. The van der Waals surface area contributed by atoms with E-state index < -0.39 is 36.6 Å². The second kappa shape index (κ2) is 9.27. The maximum absolute atomic E-state index is 6.34. The Balaban J connectivity index is 1.71. The van der Waals surface area contributed by atoms with Gasteiger partial charge in [0, 0.05) is 36.4 Å². The highest BCUT2D eigenvalue weighted by molar-refractivity contribution is 7.64. The largest absolute Gasteiger partial charge is 0.494 e. The van der Waals surface area contributed by atoms with Gasteiger partial charge >= 0.3 is 14.2 Å². The molecule has 0 bridgehead atoms. The lowest BCUT2D eigenvalue weighted by molar-refractivity contribution is 0.00578. The van der Waals surface area contributed by atoms with Crippen LogP contribution in [0.5, 0.6) is 0 Å². The molecule has 0 spiro atoms. The molecule has 0 radical (unpaired) electrons. The molecule has 0 unspecified atom stereocenters. The molecule has 2 aliphatic heterocycles. The van der Waals surface area contributed by atoms with Gasteiger partial charge in [0.1, 0.15) is 0 Å². The average molecular weight is 544 g/mol. The molecular weight excluding hydrogens is 510 g/mol. The first kappa shape index (κ1) is 27.5. The maximum atomic E-state index is 6.34. The van der Waals surface area contributed by atoms with Crippen molar-refractivity contribution in [2.45, 2.75) is 77.8 Å². The number of hydrogen-bond donors (Lipinski definition) is 0. The van der Waals surface area contributed by atoms with E-state index in [2.05, 4.69) is 139 Å². The molecule has 0 aromatic heterocycles. The van der Waals surface area contributed by atoms with Crippen LogP contribution < -0.4 is 10.9 Å². The predicted octanol–water partition coefficient (Wildman–Crippen LogP) is 3.23. The van der Waals surface area contributed by atoms with Gasteiger partial charge in [-0.05, 0) is 99.7 Å². The fourth-order valence-electron chi connectivity index (χ4n) is 4.91. The molecule has 2 saturated heterocycles. The van der Waals surface area contributed by atoms with E-state index in [9.17, 15) is 0 Å². The highest BCUT2D eigenvalue weighted by Crippen LogP contribution is 2.39. The Labute approximate surface area is 237 Å². The van der Waals surface area contributed by atoms with Gasteiger partial charge in [-0.2, -0.15) is 0 Å². The third kappa shape index (κ3) is 4.37. The molecular formula is C30H34B2O4S2+2. The van der Waals surface area contributed by atoms with Gasteiger partial charge in [-0.1, -0.05) is 36.4 Å². The zero-order chi connectivity index (χ0) is 27.7. The summed E-state index contributed by atoms with van der Waals surface area (Å²) >= 11 is 6.77.